The molecule has 2 aliphatic carbocycles. The highest BCUT2D eigenvalue weighted by molar-refractivity contribution is 6.04. The first-order valence-electron chi connectivity index (χ1n) is 18.0. The number of benzene rings is 5. The molecule has 7 heteroatoms. The predicted octanol–water partition coefficient (Wildman–Crippen LogP) is 12.3. The summed E-state index contributed by atoms with van der Waals surface area (Å²) in [5, 5.41) is 12.0. The molecule has 1 heterocycles. The van der Waals surface area contributed by atoms with Crippen LogP contribution in [-0.2, 0) is 6.18 Å². The second-order valence-corrected chi connectivity index (χ2v) is 14.0. The van der Waals surface area contributed by atoms with Crippen molar-refractivity contribution in [1.82, 2.24) is 15.0 Å². The van der Waals surface area contributed by atoms with E-state index in [0.717, 1.165) is 68.6 Å². The van der Waals surface area contributed by atoms with Crippen molar-refractivity contribution in [2.75, 3.05) is 0 Å². The number of allylic oxidation sites excluding steroid dienone is 8. The van der Waals surface area contributed by atoms with Crippen molar-refractivity contribution in [2.24, 2.45) is 11.8 Å². The number of aromatic nitrogens is 3. The molecular formula is C47H35F3N4. The van der Waals surface area contributed by atoms with Crippen molar-refractivity contribution < 1.29 is 13.2 Å². The molecule has 264 valence electrons. The zero-order valence-electron chi connectivity index (χ0n) is 29.7. The van der Waals surface area contributed by atoms with Crippen molar-refractivity contribution >= 4 is 21.9 Å². The Morgan fingerprint density at radius 2 is 1.33 bits per heavy atom. The maximum atomic E-state index is 13.3. The summed E-state index contributed by atoms with van der Waals surface area (Å²) in [6.07, 6.45) is 9.70. The van der Waals surface area contributed by atoms with E-state index in [1.54, 1.807) is 6.07 Å². The Balaban J connectivity index is 1.15. The molecule has 2 aliphatic rings. The average Bonchev–Trinajstić information content (AvgIpc) is 3.20. The van der Waals surface area contributed by atoms with Crippen LogP contribution in [0.15, 0.2) is 146 Å². The van der Waals surface area contributed by atoms with Crippen molar-refractivity contribution in [3.8, 4) is 39.7 Å². The van der Waals surface area contributed by atoms with E-state index >= 15 is 0 Å². The number of nitrogens with zero attached hydrogens (tertiary/aromatic N) is 4. The molecular weight excluding hydrogens is 678 g/mol. The molecule has 0 bridgehead atoms. The molecule has 5 aromatic carbocycles. The van der Waals surface area contributed by atoms with Crippen LogP contribution in [0.5, 0.6) is 0 Å². The third kappa shape index (κ3) is 6.91. The molecule has 3 atom stereocenters. The van der Waals surface area contributed by atoms with Gasteiger partial charge in [-0.1, -0.05) is 129 Å². The summed E-state index contributed by atoms with van der Waals surface area (Å²) < 4.78 is 39.8. The lowest BCUT2D eigenvalue weighted by atomic mass is 9.82. The highest BCUT2D eigenvalue weighted by Crippen LogP contribution is 2.40. The number of nitriles is 1. The number of hydrogen-bond acceptors (Lipinski definition) is 4. The first kappa shape index (κ1) is 34.7. The van der Waals surface area contributed by atoms with Gasteiger partial charge in [0.1, 0.15) is 5.82 Å². The van der Waals surface area contributed by atoms with Gasteiger partial charge in [0.05, 0.1) is 17.2 Å². The Labute approximate surface area is 312 Å². The fraction of sp³-hybridized carbons (Fsp3) is 0.149. The van der Waals surface area contributed by atoms with Crippen molar-refractivity contribution in [3.63, 3.8) is 0 Å². The lowest BCUT2D eigenvalue weighted by molar-refractivity contribution is -0.137. The number of rotatable bonds is 6. The second-order valence-electron chi connectivity index (χ2n) is 14.0. The van der Waals surface area contributed by atoms with Gasteiger partial charge in [-0.15, -0.1) is 0 Å². The summed E-state index contributed by atoms with van der Waals surface area (Å²) in [7, 11) is 0. The molecule has 0 amide bonds. The second kappa shape index (κ2) is 14.2. The van der Waals surface area contributed by atoms with E-state index in [1.165, 1.54) is 12.1 Å². The van der Waals surface area contributed by atoms with Gasteiger partial charge in [0, 0.05) is 17.1 Å². The number of fused-ring (bicyclic) bond motifs is 1. The first-order chi connectivity index (χ1) is 26.1. The highest BCUT2D eigenvalue weighted by atomic mass is 19.4. The quantitative estimate of drug-likeness (QED) is 0.172. The Morgan fingerprint density at radius 3 is 2.04 bits per heavy atom. The van der Waals surface area contributed by atoms with Crippen LogP contribution in [0, 0.1) is 23.2 Å². The van der Waals surface area contributed by atoms with E-state index in [2.05, 4.69) is 80.6 Å². The van der Waals surface area contributed by atoms with Crippen molar-refractivity contribution in [3.05, 3.63) is 174 Å². The molecule has 0 radical (unpaired) electrons. The maximum Gasteiger partial charge on any atom is 0.416 e. The van der Waals surface area contributed by atoms with Crippen LogP contribution in [0.4, 0.5) is 13.2 Å². The third-order valence-corrected chi connectivity index (χ3v) is 10.2. The van der Waals surface area contributed by atoms with Gasteiger partial charge < -0.3 is 0 Å². The zero-order chi connectivity index (χ0) is 37.4. The first-order valence-corrected chi connectivity index (χ1v) is 18.0. The van der Waals surface area contributed by atoms with E-state index < -0.39 is 11.7 Å². The maximum absolute atomic E-state index is 13.3. The molecule has 6 aromatic rings. The summed E-state index contributed by atoms with van der Waals surface area (Å²) in [4.78, 5) is 15.0. The minimum absolute atomic E-state index is 0.0635. The monoisotopic (exact) mass is 712 g/mol. The molecule has 3 unspecified atom stereocenters. The van der Waals surface area contributed by atoms with Crippen molar-refractivity contribution in [1.29, 1.82) is 5.26 Å². The summed E-state index contributed by atoms with van der Waals surface area (Å²) in [5.74, 6) is 2.48. The average molecular weight is 713 g/mol. The Bertz CT molecular complexity index is 2560. The SMILES string of the molecule is CC1C=C(c2nc(-c3ccccc3)nc(C3C=CC(c4ccc(-c5cc(C#N)cc(-c6ccc(C(F)(F)F)cc6)c5)c5ccccc45)=CC3C)n2)C=CC1. The fourth-order valence-corrected chi connectivity index (χ4v) is 7.37. The van der Waals surface area contributed by atoms with Gasteiger partial charge in [-0.25, -0.2) is 15.0 Å². The van der Waals surface area contributed by atoms with Gasteiger partial charge >= 0.3 is 6.18 Å². The summed E-state index contributed by atoms with van der Waals surface area (Å²) in [6, 6.07) is 35.1. The van der Waals surface area contributed by atoms with E-state index in [0.29, 0.717) is 34.3 Å². The normalized spacial score (nSPS) is 18.3. The van der Waals surface area contributed by atoms with Gasteiger partial charge in [-0.2, -0.15) is 18.4 Å². The molecule has 0 saturated carbocycles. The Morgan fingerprint density at radius 1 is 0.648 bits per heavy atom. The fourth-order valence-electron chi connectivity index (χ4n) is 7.37. The smallest absolute Gasteiger partial charge is 0.212 e. The number of halogens is 3. The molecule has 1 aromatic heterocycles. The van der Waals surface area contributed by atoms with Gasteiger partial charge in [0.2, 0.25) is 0 Å². The molecule has 54 heavy (non-hydrogen) atoms. The van der Waals surface area contributed by atoms with Crippen LogP contribution in [0.1, 0.15) is 54.5 Å². The van der Waals surface area contributed by atoms with Crippen LogP contribution in [-0.4, -0.2) is 15.0 Å². The van der Waals surface area contributed by atoms with Crippen LogP contribution in [0.3, 0.4) is 0 Å². The molecule has 4 nitrogen and oxygen atoms in total. The number of hydrogen-bond donors (Lipinski definition) is 0. The Hall–Kier alpha value is -6.39. The largest absolute Gasteiger partial charge is 0.416 e. The van der Waals surface area contributed by atoms with Crippen molar-refractivity contribution in [2.45, 2.75) is 32.4 Å². The van der Waals surface area contributed by atoms with Crippen LogP contribution >= 0.6 is 0 Å². The van der Waals surface area contributed by atoms with E-state index in [1.807, 2.05) is 54.6 Å². The van der Waals surface area contributed by atoms with Gasteiger partial charge in [-0.3, -0.25) is 0 Å². The lowest BCUT2D eigenvalue weighted by Crippen LogP contribution is -2.15. The lowest BCUT2D eigenvalue weighted by Gasteiger charge is -2.24. The van der Waals surface area contributed by atoms with Crippen LogP contribution in [0.2, 0.25) is 0 Å². The standard InChI is InChI=1S/C47H35F3N4/c1-29-9-8-12-35(23-29)45-52-44(33-10-4-3-5-11-33)53-46(54-45)39-20-17-34(24-30(39)2)40-21-22-41(43-14-7-6-13-42(40)43)37-26-31(28-51)25-36(27-37)32-15-18-38(19-16-32)47(48,49)50/h3-8,10-27,29-30,39H,9H2,1-2H3. The zero-order valence-corrected chi connectivity index (χ0v) is 29.7. The van der Waals surface area contributed by atoms with E-state index in [4.69, 9.17) is 15.0 Å². The molecule has 8 rings (SSSR count). The minimum Gasteiger partial charge on any atom is -0.212 e. The van der Waals surface area contributed by atoms with E-state index in [9.17, 15) is 18.4 Å². The highest BCUT2D eigenvalue weighted by Gasteiger charge is 2.30. The van der Waals surface area contributed by atoms with Gasteiger partial charge in [0.15, 0.2) is 11.6 Å². The molecule has 0 saturated heterocycles. The van der Waals surface area contributed by atoms with Crippen LogP contribution < -0.4 is 0 Å². The topological polar surface area (TPSA) is 62.5 Å². The van der Waals surface area contributed by atoms with E-state index in [-0.39, 0.29) is 11.8 Å². The summed E-state index contributed by atoms with van der Waals surface area (Å²) in [5.41, 5.74) is 6.84. The summed E-state index contributed by atoms with van der Waals surface area (Å²) in [6.45, 7) is 4.39. The molecule has 0 N–H and O–H groups in total. The van der Waals surface area contributed by atoms with Gasteiger partial charge in [0.25, 0.3) is 0 Å². The molecule has 0 fully saturated rings. The predicted molar refractivity (Wildman–Crippen MR) is 210 cm³/mol. The van der Waals surface area contributed by atoms with Crippen LogP contribution in [0.25, 0.3) is 55.6 Å². The molecule has 0 aliphatic heterocycles. The third-order valence-electron chi connectivity index (χ3n) is 10.2. The Kier molecular flexibility index (Phi) is 9.13. The van der Waals surface area contributed by atoms with Gasteiger partial charge in [-0.05, 0) is 92.8 Å². The number of alkyl halides is 3. The minimum atomic E-state index is -4.42. The summed E-state index contributed by atoms with van der Waals surface area (Å²) >= 11 is 0. The molecule has 0 spiro atoms.